The van der Waals surface area contributed by atoms with Crippen molar-refractivity contribution in [3.63, 3.8) is 0 Å². The van der Waals surface area contributed by atoms with Gasteiger partial charge in [-0.05, 0) is 48.5 Å². The van der Waals surface area contributed by atoms with Crippen molar-refractivity contribution in [2.45, 2.75) is 0 Å². The second-order valence-corrected chi connectivity index (χ2v) is 6.87. The number of halogens is 1. The molecule has 0 saturated carbocycles. The molecule has 3 N–H and O–H groups in total. The number of nitrogens with one attached hydrogen (secondary N) is 3. The molecule has 1 aromatic heterocycles. The number of hydrogen-bond donors (Lipinski definition) is 3. The molecule has 30 heavy (non-hydrogen) atoms. The number of esters is 1. The van der Waals surface area contributed by atoms with Crippen molar-refractivity contribution in [1.29, 1.82) is 0 Å². The van der Waals surface area contributed by atoms with E-state index in [9.17, 15) is 9.59 Å². The summed E-state index contributed by atoms with van der Waals surface area (Å²) in [5.41, 5.74) is 2.98. The number of nitrogens with zero attached hydrogens (tertiary/aromatic N) is 1. The standard InChI is InChI=1S/C22H17ClN4O3/c1-30-22(29)14-6-4-5-13(11-14)21(28)25-20-16-10-9-15(12-19(16)26-27-20)24-18-8-3-2-7-17(18)23/h2-12,24H,1H3,(H2,25,26,27,28). The fourth-order valence-corrected chi connectivity index (χ4v) is 3.18. The number of H-pyrrole nitrogens is 1. The number of hydrogen-bond acceptors (Lipinski definition) is 5. The Morgan fingerprint density at radius 1 is 1.00 bits per heavy atom. The summed E-state index contributed by atoms with van der Waals surface area (Å²) < 4.78 is 4.69. The Kier molecular flexibility index (Phi) is 5.36. The third kappa shape index (κ3) is 3.97. The largest absolute Gasteiger partial charge is 0.465 e. The Hall–Kier alpha value is -3.84. The molecular weight excluding hydrogens is 404 g/mol. The van der Waals surface area contributed by atoms with E-state index in [2.05, 4.69) is 20.8 Å². The van der Waals surface area contributed by atoms with Crippen molar-refractivity contribution in [2.24, 2.45) is 0 Å². The van der Waals surface area contributed by atoms with E-state index >= 15 is 0 Å². The van der Waals surface area contributed by atoms with Crippen molar-refractivity contribution in [1.82, 2.24) is 10.2 Å². The van der Waals surface area contributed by atoms with Crippen LogP contribution in [0, 0.1) is 0 Å². The third-order valence-corrected chi connectivity index (χ3v) is 4.82. The summed E-state index contributed by atoms with van der Waals surface area (Å²) in [7, 11) is 1.29. The average molecular weight is 421 g/mol. The zero-order chi connectivity index (χ0) is 21.1. The molecule has 150 valence electrons. The van der Waals surface area contributed by atoms with Gasteiger partial charge >= 0.3 is 5.97 Å². The zero-order valence-corrected chi connectivity index (χ0v) is 16.7. The Labute approximate surface area is 177 Å². The highest BCUT2D eigenvalue weighted by molar-refractivity contribution is 6.33. The van der Waals surface area contributed by atoms with Crippen molar-refractivity contribution >= 4 is 51.6 Å². The van der Waals surface area contributed by atoms with Crippen LogP contribution in [0.2, 0.25) is 5.02 Å². The Balaban J connectivity index is 1.55. The number of fused-ring (bicyclic) bond motifs is 1. The zero-order valence-electron chi connectivity index (χ0n) is 15.9. The van der Waals surface area contributed by atoms with Gasteiger partial charge in [-0.3, -0.25) is 9.89 Å². The topological polar surface area (TPSA) is 96.1 Å². The van der Waals surface area contributed by atoms with Gasteiger partial charge in [0, 0.05) is 16.6 Å². The SMILES string of the molecule is COC(=O)c1cccc(C(=O)Nc2n[nH]c3cc(Nc4ccccc4Cl)ccc23)c1. The summed E-state index contributed by atoms with van der Waals surface area (Å²) >= 11 is 6.19. The molecule has 4 aromatic rings. The summed E-state index contributed by atoms with van der Waals surface area (Å²) in [5, 5.41) is 14.5. The lowest BCUT2D eigenvalue weighted by atomic mass is 10.1. The summed E-state index contributed by atoms with van der Waals surface area (Å²) in [6.45, 7) is 0. The number of ether oxygens (including phenoxy) is 1. The first-order valence-electron chi connectivity index (χ1n) is 9.04. The first-order valence-corrected chi connectivity index (χ1v) is 9.42. The quantitative estimate of drug-likeness (QED) is 0.395. The van der Waals surface area contributed by atoms with Crippen LogP contribution in [-0.4, -0.2) is 29.2 Å². The van der Waals surface area contributed by atoms with E-state index in [1.807, 2.05) is 36.4 Å². The van der Waals surface area contributed by atoms with Gasteiger partial charge < -0.3 is 15.4 Å². The second-order valence-electron chi connectivity index (χ2n) is 6.46. The Bertz CT molecular complexity index is 1250. The van der Waals surface area contributed by atoms with Crippen LogP contribution < -0.4 is 10.6 Å². The molecule has 0 saturated heterocycles. The molecule has 0 spiro atoms. The molecule has 0 aliphatic rings. The van der Waals surface area contributed by atoms with Gasteiger partial charge in [0.15, 0.2) is 5.82 Å². The van der Waals surface area contributed by atoms with E-state index < -0.39 is 5.97 Å². The molecule has 0 unspecified atom stereocenters. The van der Waals surface area contributed by atoms with Crippen LogP contribution in [0.3, 0.4) is 0 Å². The molecule has 0 bridgehead atoms. The number of carbonyl (C=O) groups is 2. The van der Waals surface area contributed by atoms with Crippen LogP contribution in [0.5, 0.6) is 0 Å². The summed E-state index contributed by atoms with van der Waals surface area (Å²) in [4.78, 5) is 24.3. The van der Waals surface area contributed by atoms with E-state index in [-0.39, 0.29) is 5.91 Å². The van der Waals surface area contributed by atoms with Crippen LogP contribution in [0.15, 0.2) is 66.7 Å². The van der Waals surface area contributed by atoms with Crippen molar-refractivity contribution in [3.8, 4) is 0 Å². The van der Waals surface area contributed by atoms with E-state index in [1.165, 1.54) is 13.2 Å². The molecule has 0 aliphatic heterocycles. The predicted molar refractivity (Wildman–Crippen MR) is 117 cm³/mol. The molecule has 7 nitrogen and oxygen atoms in total. The van der Waals surface area contributed by atoms with Crippen molar-refractivity contribution in [2.75, 3.05) is 17.7 Å². The van der Waals surface area contributed by atoms with Gasteiger partial charge in [0.05, 0.1) is 28.9 Å². The van der Waals surface area contributed by atoms with Gasteiger partial charge in [0.1, 0.15) is 0 Å². The molecule has 1 amide bonds. The maximum atomic E-state index is 12.6. The van der Waals surface area contributed by atoms with E-state index in [0.29, 0.717) is 22.0 Å². The molecule has 4 rings (SSSR count). The molecule has 3 aromatic carbocycles. The smallest absolute Gasteiger partial charge is 0.337 e. The summed E-state index contributed by atoms with van der Waals surface area (Å²) in [6, 6.07) is 19.3. The third-order valence-electron chi connectivity index (χ3n) is 4.49. The van der Waals surface area contributed by atoms with Gasteiger partial charge in [0.2, 0.25) is 0 Å². The fraction of sp³-hybridized carbons (Fsp3) is 0.0455. The van der Waals surface area contributed by atoms with Crippen LogP contribution in [-0.2, 0) is 4.74 Å². The van der Waals surface area contributed by atoms with E-state index in [4.69, 9.17) is 16.3 Å². The van der Waals surface area contributed by atoms with Crippen molar-refractivity contribution < 1.29 is 14.3 Å². The van der Waals surface area contributed by atoms with Gasteiger partial charge in [-0.25, -0.2) is 4.79 Å². The van der Waals surface area contributed by atoms with Gasteiger partial charge in [-0.15, -0.1) is 0 Å². The molecule has 0 fully saturated rings. The summed E-state index contributed by atoms with van der Waals surface area (Å²) in [6.07, 6.45) is 0. The monoisotopic (exact) mass is 420 g/mol. The first-order chi connectivity index (χ1) is 14.5. The van der Waals surface area contributed by atoms with Gasteiger partial charge in [-0.1, -0.05) is 29.8 Å². The number of amides is 1. The molecule has 1 heterocycles. The van der Waals surface area contributed by atoms with E-state index in [1.54, 1.807) is 24.3 Å². The van der Waals surface area contributed by atoms with Gasteiger partial charge in [0.25, 0.3) is 5.91 Å². The second kappa shape index (κ2) is 8.26. The Morgan fingerprint density at radius 3 is 2.60 bits per heavy atom. The normalized spacial score (nSPS) is 10.6. The van der Waals surface area contributed by atoms with Crippen LogP contribution in [0.1, 0.15) is 20.7 Å². The van der Waals surface area contributed by atoms with Crippen molar-refractivity contribution in [3.05, 3.63) is 82.9 Å². The van der Waals surface area contributed by atoms with Crippen LogP contribution in [0.4, 0.5) is 17.2 Å². The summed E-state index contributed by atoms with van der Waals surface area (Å²) in [5.74, 6) is -0.497. The first kappa shape index (κ1) is 19.5. The number of carbonyl (C=O) groups excluding carboxylic acids is 2. The number of benzene rings is 3. The molecule has 0 radical (unpaired) electrons. The minimum Gasteiger partial charge on any atom is -0.465 e. The minimum absolute atomic E-state index is 0.298. The average Bonchev–Trinajstić information content (AvgIpc) is 3.16. The highest BCUT2D eigenvalue weighted by Crippen LogP contribution is 2.28. The number of aromatic amines is 1. The molecular formula is C22H17ClN4O3. The predicted octanol–water partition coefficient (Wildman–Crippen LogP) is 5.00. The number of aromatic nitrogens is 2. The maximum Gasteiger partial charge on any atom is 0.337 e. The minimum atomic E-state index is -0.506. The van der Waals surface area contributed by atoms with Crippen LogP contribution >= 0.6 is 11.6 Å². The highest BCUT2D eigenvalue weighted by atomic mass is 35.5. The highest BCUT2D eigenvalue weighted by Gasteiger charge is 2.14. The molecule has 0 atom stereocenters. The van der Waals surface area contributed by atoms with E-state index in [0.717, 1.165) is 22.3 Å². The number of anilines is 3. The number of rotatable bonds is 5. The Morgan fingerprint density at radius 2 is 1.80 bits per heavy atom. The molecule has 8 heteroatoms. The lowest BCUT2D eigenvalue weighted by molar-refractivity contribution is 0.0600. The van der Waals surface area contributed by atoms with Crippen LogP contribution in [0.25, 0.3) is 10.9 Å². The lowest BCUT2D eigenvalue weighted by Crippen LogP contribution is -2.13. The number of methoxy groups -OCH3 is 1. The molecule has 0 aliphatic carbocycles. The maximum absolute atomic E-state index is 12.6. The fourth-order valence-electron chi connectivity index (χ4n) is 3.00. The number of para-hydroxylation sites is 1. The van der Waals surface area contributed by atoms with Gasteiger partial charge in [-0.2, -0.15) is 5.10 Å². The lowest BCUT2D eigenvalue weighted by Gasteiger charge is -2.08.